The molecule has 2 unspecified atom stereocenters. The van der Waals surface area contributed by atoms with E-state index in [1.54, 1.807) is 7.11 Å². The second kappa shape index (κ2) is 14.1. The van der Waals surface area contributed by atoms with Gasteiger partial charge < -0.3 is 23.7 Å². The van der Waals surface area contributed by atoms with Crippen LogP contribution in [0.4, 0.5) is 0 Å². The maximum absolute atomic E-state index is 5.87. The lowest BCUT2D eigenvalue weighted by molar-refractivity contribution is -0.00794. The van der Waals surface area contributed by atoms with E-state index in [0.29, 0.717) is 52.2 Å². The topological polar surface area (TPSA) is 46.2 Å². The summed E-state index contributed by atoms with van der Waals surface area (Å²) in [5.41, 5.74) is 1.35. The Morgan fingerprint density at radius 2 is 1.36 bits per heavy atom. The van der Waals surface area contributed by atoms with Gasteiger partial charge in [-0.15, -0.1) is 0 Å². The second-order valence-corrected chi connectivity index (χ2v) is 6.10. The van der Waals surface area contributed by atoms with Crippen molar-refractivity contribution in [3.8, 4) is 5.75 Å². The fraction of sp³-hybridized carbons (Fsp3) is 0.700. The van der Waals surface area contributed by atoms with E-state index in [1.165, 1.54) is 5.56 Å². The Labute approximate surface area is 152 Å². The molecule has 25 heavy (non-hydrogen) atoms. The third kappa shape index (κ3) is 10.4. The molecule has 0 N–H and O–H groups in total. The molecule has 0 bridgehead atoms. The second-order valence-electron chi connectivity index (χ2n) is 6.10. The first kappa shape index (κ1) is 21.9. The third-order valence-electron chi connectivity index (χ3n) is 3.93. The highest BCUT2D eigenvalue weighted by Crippen LogP contribution is 2.22. The van der Waals surface area contributed by atoms with E-state index < -0.39 is 0 Å². The summed E-state index contributed by atoms with van der Waals surface area (Å²) in [5.74, 6) is 1.47. The maximum Gasteiger partial charge on any atom is 0.119 e. The molecule has 5 heteroatoms. The minimum Gasteiger partial charge on any atom is -0.488 e. The molecule has 2 atom stereocenters. The molecule has 0 fully saturated rings. The summed E-state index contributed by atoms with van der Waals surface area (Å²) in [6, 6.07) is 8.34. The van der Waals surface area contributed by atoms with Crippen molar-refractivity contribution in [2.45, 2.75) is 39.2 Å². The molecule has 0 spiro atoms. The number of benzene rings is 1. The molecule has 0 aliphatic rings. The molecule has 0 aromatic heterocycles. The Bertz CT molecular complexity index is 421. The molecule has 0 aliphatic heterocycles. The van der Waals surface area contributed by atoms with E-state index in [2.05, 4.69) is 26.0 Å². The zero-order valence-electron chi connectivity index (χ0n) is 16.2. The first-order chi connectivity index (χ1) is 12.2. The zero-order chi connectivity index (χ0) is 18.3. The van der Waals surface area contributed by atoms with Crippen molar-refractivity contribution in [3.63, 3.8) is 0 Å². The van der Waals surface area contributed by atoms with Crippen LogP contribution in [0.5, 0.6) is 5.75 Å². The smallest absolute Gasteiger partial charge is 0.119 e. The summed E-state index contributed by atoms with van der Waals surface area (Å²) in [7, 11) is 1.66. The van der Waals surface area contributed by atoms with Crippen molar-refractivity contribution in [1.82, 2.24) is 0 Å². The van der Waals surface area contributed by atoms with E-state index in [4.69, 9.17) is 23.7 Å². The van der Waals surface area contributed by atoms with Crippen LogP contribution in [0.3, 0.4) is 0 Å². The van der Waals surface area contributed by atoms with Gasteiger partial charge in [-0.25, -0.2) is 0 Å². The fourth-order valence-corrected chi connectivity index (χ4v) is 2.21. The molecule has 5 nitrogen and oxygen atoms in total. The van der Waals surface area contributed by atoms with Crippen molar-refractivity contribution in [1.29, 1.82) is 0 Å². The Morgan fingerprint density at radius 3 is 1.92 bits per heavy atom. The quantitative estimate of drug-likeness (QED) is 0.450. The molecule has 0 amide bonds. The summed E-state index contributed by atoms with van der Waals surface area (Å²) >= 11 is 0. The van der Waals surface area contributed by atoms with Crippen LogP contribution in [0.25, 0.3) is 0 Å². The lowest BCUT2D eigenvalue weighted by atomic mass is 9.99. The molecular formula is C20H34O5. The summed E-state index contributed by atoms with van der Waals surface area (Å²) in [5, 5.41) is 0. The summed E-state index contributed by atoms with van der Waals surface area (Å²) in [6.45, 7) is 10.5. The van der Waals surface area contributed by atoms with E-state index in [-0.39, 0.29) is 6.10 Å². The highest BCUT2D eigenvalue weighted by atomic mass is 16.6. The van der Waals surface area contributed by atoms with Gasteiger partial charge >= 0.3 is 0 Å². The van der Waals surface area contributed by atoms with Crippen molar-refractivity contribution in [2.75, 3.05) is 53.4 Å². The first-order valence-electron chi connectivity index (χ1n) is 9.16. The lowest BCUT2D eigenvalue weighted by Crippen LogP contribution is -2.21. The molecule has 144 valence electrons. The molecule has 0 saturated heterocycles. The SMILES string of the molecule is CCC(C)c1ccc(OC(C)COCCOCCOCCOC)cc1. The highest BCUT2D eigenvalue weighted by Gasteiger charge is 2.06. The highest BCUT2D eigenvalue weighted by molar-refractivity contribution is 5.29. The van der Waals surface area contributed by atoms with Crippen LogP contribution >= 0.6 is 0 Å². The molecule has 1 aromatic rings. The predicted molar refractivity (Wildman–Crippen MR) is 99.6 cm³/mol. The van der Waals surface area contributed by atoms with Crippen LogP contribution in [-0.4, -0.2) is 59.5 Å². The van der Waals surface area contributed by atoms with Crippen molar-refractivity contribution < 1.29 is 23.7 Å². The van der Waals surface area contributed by atoms with Crippen LogP contribution < -0.4 is 4.74 Å². The van der Waals surface area contributed by atoms with Crippen molar-refractivity contribution in [3.05, 3.63) is 29.8 Å². The normalized spacial score (nSPS) is 13.6. The van der Waals surface area contributed by atoms with Gasteiger partial charge in [-0.3, -0.25) is 0 Å². The standard InChI is InChI=1S/C20H34O5/c1-5-17(2)19-6-8-20(9-7-19)25-18(3)16-24-15-14-23-13-12-22-11-10-21-4/h6-9,17-18H,5,10-16H2,1-4H3. The summed E-state index contributed by atoms with van der Waals surface area (Å²) < 4.78 is 27.1. The van der Waals surface area contributed by atoms with Gasteiger partial charge in [0.15, 0.2) is 0 Å². The minimum absolute atomic E-state index is 0.00632. The van der Waals surface area contributed by atoms with Gasteiger partial charge in [0.25, 0.3) is 0 Å². The Morgan fingerprint density at radius 1 is 0.800 bits per heavy atom. The molecule has 1 rings (SSSR count). The average Bonchev–Trinajstić information content (AvgIpc) is 2.63. The average molecular weight is 354 g/mol. The van der Waals surface area contributed by atoms with Gasteiger partial charge in [0.05, 0.1) is 46.2 Å². The number of hydrogen-bond acceptors (Lipinski definition) is 5. The number of rotatable bonds is 15. The zero-order valence-corrected chi connectivity index (χ0v) is 16.2. The van der Waals surface area contributed by atoms with Gasteiger partial charge in [-0.2, -0.15) is 0 Å². The molecule has 0 aliphatic carbocycles. The Kier molecular flexibility index (Phi) is 12.3. The minimum atomic E-state index is 0.00632. The van der Waals surface area contributed by atoms with Crippen LogP contribution in [0, 0.1) is 0 Å². The summed E-state index contributed by atoms with van der Waals surface area (Å²) in [4.78, 5) is 0. The molecule has 0 saturated carbocycles. The van der Waals surface area contributed by atoms with Gasteiger partial charge in [0.2, 0.25) is 0 Å². The van der Waals surface area contributed by atoms with E-state index >= 15 is 0 Å². The first-order valence-corrected chi connectivity index (χ1v) is 9.16. The number of methoxy groups -OCH3 is 1. The molecule has 0 heterocycles. The molecule has 0 radical (unpaired) electrons. The van der Waals surface area contributed by atoms with Gasteiger partial charge in [0.1, 0.15) is 11.9 Å². The lowest BCUT2D eigenvalue weighted by Gasteiger charge is -2.16. The fourth-order valence-electron chi connectivity index (χ4n) is 2.21. The van der Waals surface area contributed by atoms with Gasteiger partial charge in [-0.1, -0.05) is 26.0 Å². The van der Waals surface area contributed by atoms with Crippen LogP contribution in [0.1, 0.15) is 38.7 Å². The largest absolute Gasteiger partial charge is 0.488 e. The molecule has 1 aromatic carbocycles. The predicted octanol–water partition coefficient (Wildman–Crippen LogP) is 3.66. The van der Waals surface area contributed by atoms with Gasteiger partial charge in [0, 0.05) is 7.11 Å². The Hall–Kier alpha value is -1.14. The molecular weight excluding hydrogens is 320 g/mol. The summed E-state index contributed by atoms with van der Waals surface area (Å²) in [6.07, 6.45) is 1.15. The maximum atomic E-state index is 5.87. The van der Waals surface area contributed by atoms with Crippen molar-refractivity contribution >= 4 is 0 Å². The monoisotopic (exact) mass is 354 g/mol. The Balaban J connectivity index is 2.04. The van der Waals surface area contributed by atoms with Crippen LogP contribution in [0.2, 0.25) is 0 Å². The van der Waals surface area contributed by atoms with E-state index in [1.807, 2.05) is 19.1 Å². The number of hydrogen-bond donors (Lipinski definition) is 0. The van der Waals surface area contributed by atoms with Gasteiger partial charge in [-0.05, 0) is 37.0 Å². The van der Waals surface area contributed by atoms with Crippen molar-refractivity contribution in [2.24, 2.45) is 0 Å². The third-order valence-corrected chi connectivity index (χ3v) is 3.93. The van der Waals surface area contributed by atoms with E-state index in [0.717, 1.165) is 12.2 Å². The van der Waals surface area contributed by atoms with Crippen LogP contribution in [0.15, 0.2) is 24.3 Å². The van der Waals surface area contributed by atoms with Crippen LogP contribution in [-0.2, 0) is 18.9 Å². The van der Waals surface area contributed by atoms with E-state index in [9.17, 15) is 0 Å². The number of ether oxygens (including phenoxy) is 5.